The SMILES string of the molecule is C=CC1=CC=C(CC)CC1.CC. The summed E-state index contributed by atoms with van der Waals surface area (Å²) in [7, 11) is 0. The van der Waals surface area contributed by atoms with Crippen molar-refractivity contribution < 1.29 is 0 Å². The average Bonchev–Trinajstić information content (AvgIpc) is 2.21. The molecule has 0 aromatic rings. The lowest BCUT2D eigenvalue weighted by molar-refractivity contribution is 0.873. The Labute approximate surface area is 76.7 Å². The molecule has 0 spiro atoms. The summed E-state index contributed by atoms with van der Waals surface area (Å²) in [5.74, 6) is 0. The standard InChI is InChI=1S/C10H14.C2H6/c1-3-9-5-7-10(4-2)8-6-9;1-2/h3,5,7H,1,4,6,8H2,2H3;1-2H3. The van der Waals surface area contributed by atoms with Crippen molar-refractivity contribution in [1.82, 2.24) is 0 Å². The third kappa shape index (κ3) is 3.56. The predicted octanol–water partition coefficient (Wildman–Crippen LogP) is 4.26. The van der Waals surface area contributed by atoms with Crippen molar-refractivity contribution in [3.8, 4) is 0 Å². The second kappa shape index (κ2) is 6.90. The fourth-order valence-corrected chi connectivity index (χ4v) is 1.16. The molecule has 0 heteroatoms. The molecular formula is C12H20. The molecule has 0 saturated heterocycles. The third-order valence-electron chi connectivity index (χ3n) is 1.98. The minimum Gasteiger partial charge on any atom is -0.0988 e. The fraction of sp³-hybridized carbons (Fsp3) is 0.500. The van der Waals surface area contributed by atoms with Crippen molar-refractivity contribution in [2.24, 2.45) is 0 Å². The molecule has 0 amide bonds. The van der Waals surface area contributed by atoms with E-state index in [0.717, 1.165) is 0 Å². The van der Waals surface area contributed by atoms with Crippen LogP contribution in [0.1, 0.15) is 40.0 Å². The molecule has 0 radical (unpaired) electrons. The quantitative estimate of drug-likeness (QED) is 0.572. The zero-order valence-electron chi connectivity index (χ0n) is 8.56. The molecule has 0 aromatic carbocycles. The Balaban J connectivity index is 0.000000561. The van der Waals surface area contributed by atoms with Gasteiger partial charge in [0.05, 0.1) is 0 Å². The molecule has 68 valence electrons. The number of rotatable bonds is 2. The molecule has 12 heavy (non-hydrogen) atoms. The first-order chi connectivity index (χ1) is 5.86. The summed E-state index contributed by atoms with van der Waals surface area (Å²) >= 11 is 0. The van der Waals surface area contributed by atoms with Crippen molar-refractivity contribution in [3.05, 3.63) is 36.0 Å². The number of allylic oxidation sites excluding steroid dienone is 5. The van der Waals surface area contributed by atoms with Gasteiger partial charge in [0.2, 0.25) is 0 Å². The van der Waals surface area contributed by atoms with Crippen molar-refractivity contribution in [2.75, 3.05) is 0 Å². The van der Waals surface area contributed by atoms with Crippen LogP contribution in [-0.2, 0) is 0 Å². The van der Waals surface area contributed by atoms with E-state index < -0.39 is 0 Å². The van der Waals surface area contributed by atoms with Gasteiger partial charge in [-0.15, -0.1) is 0 Å². The van der Waals surface area contributed by atoms with Gasteiger partial charge < -0.3 is 0 Å². The highest BCUT2D eigenvalue weighted by Crippen LogP contribution is 2.20. The van der Waals surface area contributed by atoms with Crippen LogP contribution in [-0.4, -0.2) is 0 Å². The first kappa shape index (κ1) is 11.2. The molecule has 1 aliphatic rings. The molecular weight excluding hydrogens is 144 g/mol. The van der Waals surface area contributed by atoms with Crippen LogP contribution in [0.25, 0.3) is 0 Å². The minimum atomic E-state index is 1.18. The molecule has 0 unspecified atom stereocenters. The summed E-state index contributed by atoms with van der Waals surface area (Å²) in [5.41, 5.74) is 2.93. The Morgan fingerprint density at radius 3 is 2.33 bits per heavy atom. The van der Waals surface area contributed by atoms with Gasteiger partial charge in [-0.05, 0) is 24.8 Å². The van der Waals surface area contributed by atoms with Crippen molar-refractivity contribution in [2.45, 2.75) is 40.0 Å². The van der Waals surface area contributed by atoms with E-state index >= 15 is 0 Å². The van der Waals surface area contributed by atoms with E-state index in [2.05, 4.69) is 25.7 Å². The Hall–Kier alpha value is -0.780. The third-order valence-corrected chi connectivity index (χ3v) is 1.98. The van der Waals surface area contributed by atoms with Crippen LogP contribution in [0.15, 0.2) is 36.0 Å². The van der Waals surface area contributed by atoms with Gasteiger partial charge in [-0.25, -0.2) is 0 Å². The van der Waals surface area contributed by atoms with Gasteiger partial charge >= 0.3 is 0 Å². The van der Waals surface area contributed by atoms with Crippen molar-refractivity contribution in [3.63, 3.8) is 0 Å². The van der Waals surface area contributed by atoms with Crippen LogP contribution in [0.3, 0.4) is 0 Å². The fourth-order valence-electron chi connectivity index (χ4n) is 1.16. The first-order valence-corrected chi connectivity index (χ1v) is 4.88. The number of hydrogen-bond acceptors (Lipinski definition) is 0. The molecule has 0 saturated carbocycles. The lowest BCUT2D eigenvalue weighted by Gasteiger charge is -2.09. The summed E-state index contributed by atoms with van der Waals surface area (Å²) in [5, 5.41) is 0. The topological polar surface area (TPSA) is 0 Å². The summed E-state index contributed by atoms with van der Waals surface area (Å²) in [4.78, 5) is 0. The Bertz CT molecular complexity index is 182. The molecule has 0 fully saturated rings. The zero-order chi connectivity index (χ0) is 9.40. The highest BCUT2D eigenvalue weighted by Gasteiger charge is 2.00. The molecule has 0 nitrogen and oxygen atoms in total. The van der Waals surface area contributed by atoms with Gasteiger partial charge in [-0.2, -0.15) is 0 Å². The number of hydrogen-bond donors (Lipinski definition) is 0. The molecule has 1 aliphatic carbocycles. The van der Waals surface area contributed by atoms with Gasteiger partial charge in [-0.3, -0.25) is 0 Å². The predicted molar refractivity (Wildman–Crippen MR) is 57.2 cm³/mol. The van der Waals surface area contributed by atoms with Crippen LogP contribution in [0.2, 0.25) is 0 Å². The van der Waals surface area contributed by atoms with Crippen LogP contribution >= 0.6 is 0 Å². The molecule has 0 heterocycles. The van der Waals surface area contributed by atoms with Gasteiger partial charge in [0, 0.05) is 0 Å². The first-order valence-electron chi connectivity index (χ1n) is 4.88. The van der Waals surface area contributed by atoms with Crippen LogP contribution in [0.4, 0.5) is 0 Å². The second-order valence-electron chi connectivity index (χ2n) is 2.62. The van der Waals surface area contributed by atoms with E-state index in [1.54, 1.807) is 5.57 Å². The normalized spacial score (nSPS) is 15.2. The van der Waals surface area contributed by atoms with E-state index in [4.69, 9.17) is 0 Å². The smallest absolute Gasteiger partial charge is 0.0242 e. The van der Waals surface area contributed by atoms with E-state index in [1.807, 2.05) is 19.9 Å². The summed E-state index contributed by atoms with van der Waals surface area (Å²) in [6.07, 6.45) is 9.96. The molecule has 0 atom stereocenters. The summed E-state index contributed by atoms with van der Waals surface area (Å²) < 4.78 is 0. The Morgan fingerprint density at radius 2 is 2.00 bits per heavy atom. The largest absolute Gasteiger partial charge is 0.0988 e. The monoisotopic (exact) mass is 164 g/mol. The van der Waals surface area contributed by atoms with Gasteiger partial charge in [0.1, 0.15) is 0 Å². The Kier molecular flexibility index (Phi) is 6.45. The zero-order valence-corrected chi connectivity index (χ0v) is 8.56. The maximum absolute atomic E-state index is 3.74. The maximum atomic E-state index is 3.74. The lowest BCUT2D eigenvalue weighted by atomic mass is 9.97. The van der Waals surface area contributed by atoms with Gasteiger partial charge in [0.25, 0.3) is 0 Å². The van der Waals surface area contributed by atoms with Crippen LogP contribution in [0, 0.1) is 0 Å². The molecule has 0 aliphatic heterocycles. The van der Waals surface area contributed by atoms with E-state index in [-0.39, 0.29) is 0 Å². The summed E-state index contributed by atoms with van der Waals surface area (Å²) in [6, 6.07) is 0. The van der Waals surface area contributed by atoms with Gasteiger partial charge in [0.15, 0.2) is 0 Å². The van der Waals surface area contributed by atoms with Crippen LogP contribution < -0.4 is 0 Å². The van der Waals surface area contributed by atoms with Crippen molar-refractivity contribution >= 4 is 0 Å². The van der Waals surface area contributed by atoms with E-state index in [1.165, 1.54) is 24.8 Å². The van der Waals surface area contributed by atoms with Crippen molar-refractivity contribution in [1.29, 1.82) is 0 Å². The van der Waals surface area contributed by atoms with E-state index in [0.29, 0.717) is 0 Å². The van der Waals surface area contributed by atoms with Gasteiger partial charge in [-0.1, -0.05) is 51.2 Å². The highest BCUT2D eigenvalue weighted by molar-refractivity contribution is 5.29. The molecule has 0 aromatic heterocycles. The maximum Gasteiger partial charge on any atom is -0.0242 e. The highest BCUT2D eigenvalue weighted by atomic mass is 14.1. The molecule has 1 rings (SSSR count). The summed E-state index contributed by atoms with van der Waals surface area (Å²) in [6.45, 7) is 9.94. The van der Waals surface area contributed by atoms with Crippen LogP contribution in [0.5, 0.6) is 0 Å². The average molecular weight is 164 g/mol. The second-order valence-corrected chi connectivity index (χ2v) is 2.62. The molecule has 0 bridgehead atoms. The van der Waals surface area contributed by atoms with E-state index in [9.17, 15) is 0 Å². The minimum absolute atomic E-state index is 1.18. The Morgan fingerprint density at radius 1 is 1.33 bits per heavy atom. The molecule has 0 N–H and O–H groups in total. The lowest BCUT2D eigenvalue weighted by Crippen LogP contribution is -1.89.